The normalized spacial score (nSPS) is 10.6. The molecule has 0 aliphatic heterocycles. The number of thiazole rings is 1. The zero-order valence-electron chi connectivity index (χ0n) is 9.23. The molecule has 16 heavy (non-hydrogen) atoms. The van der Waals surface area contributed by atoms with Gasteiger partial charge < -0.3 is 11.1 Å². The molecule has 0 spiro atoms. The molecule has 0 radical (unpaired) electrons. The van der Waals surface area contributed by atoms with E-state index >= 15 is 0 Å². The highest BCUT2D eigenvalue weighted by Gasteiger charge is 2.00. The van der Waals surface area contributed by atoms with E-state index in [1.165, 1.54) is 10.4 Å². The van der Waals surface area contributed by atoms with E-state index in [0.29, 0.717) is 0 Å². The molecule has 0 saturated carbocycles. The average Bonchev–Trinajstić information content (AvgIpc) is 2.76. The minimum absolute atomic E-state index is 0.797. The summed E-state index contributed by atoms with van der Waals surface area (Å²) in [5.41, 5.74) is 11.0. The maximum absolute atomic E-state index is 5.90. The monoisotopic (exact) mass is 233 g/mol. The van der Waals surface area contributed by atoms with E-state index in [2.05, 4.69) is 23.3 Å². The molecule has 3 N–H and O–H groups in total. The first-order chi connectivity index (χ1) is 7.75. The minimum Gasteiger partial charge on any atom is -0.398 e. The van der Waals surface area contributed by atoms with Crippen LogP contribution in [0.5, 0.6) is 0 Å². The fraction of sp³-hybridized carbons (Fsp3) is 0.250. The molecule has 0 aliphatic rings. The van der Waals surface area contributed by atoms with Gasteiger partial charge in [-0.2, -0.15) is 0 Å². The van der Waals surface area contributed by atoms with Crippen LogP contribution in [0.25, 0.3) is 0 Å². The number of hydrogen-bond acceptors (Lipinski definition) is 4. The van der Waals surface area contributed by atoms with Gasteiger partial charge >= 0.3 is 0 Å². The molecule has 0 unspecified atom stereocenters. The van der Waals surface area contributed by atoms with Crippen molar-refractivity contribution in [3.05, 3.63) is 45.9 Å². The summed E-state index contributed by atoms with van der Waals surface area (Å²) in [6.07, 6.45) is 1.89. The Labute approximate surface area is 99.3 Å². The maximum Gasteiger partial charge on any atom is 0.0794 e. The van der Waals surface area contributed by atoms with E-state index in [9.17, 15) is 0 Å². The van der Waals surface area contributed by atoms with Crippen LogP contribution in [-0.4, -0.2) is 4.98 Å². The van der Waals surface area contributed by atoms with Gasteiger partial charge in [-0.25, -0.2) is 0 Å². The number of rotatable bonds is 4. The lowest BCUT2D eigenvalue weighted by molar-refractivity contribution is 0.701. The highest BCUT2D eigenvalue weighted by atomic mass is 32.1. The zero-order chi connectivity index (χ0) is 11.4. The van der Waals surface area contributed by atoms with E-state index in [0.717, 1.165) is 24.3 Å². The van der Waals surface area contributed by atoms with E-state index in [1.807, 2.05) is 23.8 Å². The Hall–Kier alpha value is -1.39. The Morgan fingerprint density at radius 1 is 1.38 bits per heavy atom. The predicted octanol–water partition coefficient (Wildman–Crippen LogP) is 2.32. The SMILES string of the molecule is Cc1ccc(N)c(CNCc2cncs2)c1. The number of nitrogens with one attached hydrogen (secondary N) is 1. The lowest BCUT2D eigenvalue weighted by Gasteiger charge is -2.07. The van der Waals surface area contributed by atoms with Crippen molar-refractivity contribution in [1.82, 2.24) is 10.3 Å². The Balaban J connectivity index is 1.92. The molecule has 1 aromatic heterocycles. The maximum atomic E-state index is 5.90. The van der Waals surface area contributed by atoms with Crippen LogP contribution in [0.15, 0.2) is 29.9 Å². The van der Waals surface area contributed by atoms with Crippen LogP contribution in [-0.2, 0) is 13.1 Å². The summed E-state index contributed by atoms with van der Waals surface area (Å²) in [7, 11) is 0. The third-order valence-corrected chi connectivity index (χ3v) is 3.18. The topological polar surface area (TPSA) is 50.9 Å². The lowest BCUT2D eigenvalue weighted by atomic mass is 10.1. The van der Waals surface area contributed by atoms with Crippen LogP contribution in [0.2, 0.25) is 0 Å². The molecule has 3 nitrogen and oxygen atoms in total. The van der Waals surface area contributed by atoms with Crippen molar-refractivity contribution in [3.63, 3.8) is 0 Å². The molecule has 0 bridgehead atoms. The molecule has 2 aromatic rings. The number of nitrogens with two attached hydrogens (primary N) is 1. The molecule has 84 valence electrons. The number of aromatic nitrogens is 1. The molecular formula is C12H15N3S. The molecular weight excluding hydrogens is 218 g/mol. The van der Waals surface area contributed by atoms with Crippen LogP contribution in [0.4, 0.5) is 5.69 Å². The van der Waals surface area contributed by atoms with Crippen molar-refractivity contribution in [2.45, 2.75) is 20.0 Å². The number of aryl methyl sites for hydroxylation is 1. The van der Waals surface area contributed by atoms with Gasteiger partial charge in [0.2, 0.25) is 0 Å². The first-order valence-electron chi connectivity index (χ1n) is 5.19. The average molecular weight is 233 g/mol. The van der Waals surface area contributed by atoms with E-state index < -0.39 is 0 Å². The predicted molar refractivity (Wildman–Crippen MR) is 68.2 cm³/mol. The van der Waals surface area contributed by atoms with Gasteiger partial charge in [0.1, 0.15) is 0 Å². The number of anilines is 1. The molecule has 2 rings (SSSR count). The minimum atomic E-state index is 0.797. The van der Waals surface area contributed by atoms with Gasteiger partial charge in [-0.05, 0) is 18.6 Å². The molecule has 1 heterocycles. The van der Waals surface area contributed by atoms with Gasteiger partial charge in [-0.15, -0.1) is 11.3 Å². The molecule has 0 aliphatic carbocycles. The van der Waals surface area contributed by atoms with E-state index in [1.54, 1.807) is 11.3 Å². The van der Waals surface area contributed by atoms with Gasteiger partial charge in [0.25, 0.3) is 0 Å². The van der Waals surface area contributed by atoms with Gasteiger partial charge in [-0.1, -0.05) is 17.7 Å². The summed E-state index contributed by atoms with van der Waals surface area (Å²) >= 11 is 1.66. The van der Waals surface area contributed by atoms with Crippen molar-refractivity contribution >= 4 is 17.0 Å². The lowest BCUT2D eigenvalue weighted by Crippen LogP contribution is -2.13. The summed E-state index contributed by atoms with van der Waals surface area (Å²) in [6, 6.07) is 6.11. The third-order valence-electron chi connectivity index (χ3n) is 2.40. The van der Waals surface area contributed by atoms with Crippen LogP contribution in [0.1, 0.15) is 16.0 Å². The first kappa shape index (κ1) is 11.1. The Kier molecular flexibility index (Phi) is 3.54. The zero-order valence-corrected chi connectivity index (χ0v) is 10.1. The number of nitrogens with zero attached hydrogens (tertiary/aromatic N) is 1. The van der Waals surface area contributed by atoms with Gasteiger partial charge in [-0.3, -0.25) is 4.98 Å². The Bertz CT molecular complexity index is 451. The fourth-order valence-corrected chi connectivity index (χ4v) is 2.10. The summed E-state index contributed by atoms with van der Waals surface area (Å²) in [5.74, 6) is 0. The largest absolute Gasteiger partial charge is 0.398 e. The summed E-state index contributed by atoms with van der Waals surface area (Å²) in [4.78, 5) is 5.28. The fourth-order valence-electron chi connectivity index (χ4n) is 1.54. The second-order valence-electron chi connectivity index (χ2n) is 3.77. The van der Waals surface area contributed by atoms with Crippen molar-refractivity contribution < 1.29 is 0 Å². The molecule has 0 atom stereocenters. The molecule has 4 heteroatoms. The smallest absolute Gasteiger partial charge is 0.0794 e. The number of benzene rings is 1. The molecule has 1 aromatic carbocycles. The highest BCUT2D eigenvalue weighted by Crippen LogP contribution is 2.13. The summed E-state index contributed by atoms with van der Waals surface area (Å²) in [6.45, 7) is 3.72. The van der Waals surface area contributed by atoms with Gasteiger partial charge in [0, 0.05) is 29.9 Å². The second kappa shape index (κ2) is 5.09. The van der Waals surface area contributed by atoms with Crippen molar-refractivity contribution in [2.24, 2.45) is 0 Å². The third kappa shape index (κ3) is 2.81. The van der Waals surface area contributed by atoms with Crippen LogP contribution in [0, 0.1) is 6.92 Å². The second-order valence-corrected chi connectivity index (χ2v) is 4.74. The summed E-state index contributed by atoms with van der Waals surface area (Å²) < 4.78 is 0. The Morgan fingerprint density at radius 2 is 2.25 bits per heavy atom. The summed E-state index contributed by atoms with van der Waals surface area (Å²) in [5, 5.41) is 3.36. The first-order valence-corrected chi connectivity index (χ1v) is 6.07. The van der Waals surface area contributed by atoms with E-state index in [-0.39, 0.29) is 0 Å². The Morgan fingerprint density at radius 3 is 3.00 bits per heavy atom. The molecule has 0 saturated heterocycles. The van der Waals surface area contributed by atoms with E-state index in [4.69, 9.17) is 5.73 Å². The van der Waals surface area contributed by atoms with Crippen molar-refractivity contribution in [2.75, 3.05) is 5.73 Å². The standard InChI is InChI=1S/C12H15N3S/c1-9-2-3-12(13)10(4-9)5-14-6-11-7-15-8-16-11/h2-4,7-8,14H,5-6,13H2,1H3. The number of hydrogen-bond donors (Lipinski definition) is 2. The van der Waals surface area contributed by atoms with Crippen molar-refractivity contribution in [1.29, 1.82) is 0 Å². The quantitative estimate of drug-likeness (QED) is 0.797. The van der Waals surface area contributed by atoms with Gasteiger partial charge in [0.05, 0.1) is 5.51 Å². The number of nitrogen functional groups attached to an aromatic ring is 1. The van der Waals surface area contributed by atoms with Crippen LogP contribution >= 0.6 is 11.3 Å². The molecule has 0 amide bonds. The molecule has 0 fully saturated rings. The van der Waals surface area contributed by atoms with Crippen LogP contribution < -0.4 is 11.1 Å². The van der Waals surface area contributed by atoms with Crippen molar-refractivity contribution in [3.8, 4) is 0 Å². The highest BCUT2D eigenvalue weighted by molar-refractivity contribution is 7.09. The van der Waals surface area contributed by atoms with Gasteiger partial charge in [0.15, 0.2) is 0 Å². The van der Waals surface area contributed by atoms with Crippen LogP contribution in [0.3, 0.4) is 0 Å².